The summed E-state index contributed by atoms with van der Waals surface area (Å²) in [6.07, 6.45) is -0.355. The van der Waals surface area contributed by atoms with Gasteiger partial charge in [-0.3, -0.25) is 9.59 Å². The Balaban J connectivity index is 2.36. The lowest BCUT2D eigenvalue weighted by atomic mass is 10.0. The fourth-order valence-electron chi connectivity index (χ4n) is 3.15. The molecule has 1 aromatic carbocycles. The van der Waals surface area contributed by atoms with Gasteiger partial charge in [0.25, 0.3) is 5.91 Å². The molecule has 0 aliphatic carbocycles. The first-order valence-electron chi connectivity index (χ1n) is 9.44. The average Bonchev–Trinajstić information content (AvgIpc) is 2.59. The Morgan fingerprint density at radius 3 is 2.64 bits per heavy atom. The molecule has 0 unspecified atom stereocenters. The highest BCUT2D eigenvalue weighted by atomic mass is 16.5. The molecule has 0 spiro atoms. The second kappa shape index (κ2) is 8.95. The molecule has 1 aliphatic rings. The Bertz CT molecular complexity index is 750. The van der Waals surface area contributed by atoms with E-state index in [1.54, 1.807) is 42.1 Å². The van der Waals surface area contributed by atoms with E-state index < -0.39 is 0 Å². The summed E-state index contributed by atoms with van der Waals surface area (Å²) < 4.78 is 6.24. The highest BCUT2D eigenvalue weighted by molar-refractivity contribution is 6.01. The SMILES string of the molecule is CC(=O)Nc1cccc2c1O[C@@H](CN(C)C(=O)NC(C)C)[C@H](C)CN(C)C2=O. The van der Waals surface area contributed by atoms with Gasteiger partial charge in [0.05, 0.1) is 17.8 Å². The van der Waals surface area contributed by atoms with E-state index in [-0.39, 0.29) is 35.9 Å². The first kappa shape index (κ1) is 21.5. The van der Waals surface area contributed by atoms with Crippen molar-refractivity contribution in [1.82, 2.24) is 15.1 Å². The summed E-state index contributed by atoms with van der Waals surface area (Å²) in [5.74, 6) is -0.109. The first-order chi connectivity index (χ1) is 13.1. The predicted octanol–water partition coefficient (Wildman–Crippen LogP) is 2.16. The number of carbonyl (C=O) groups excluding carboxylic acids is 3. The minimum absolute atomic E-state index is 0.0261. The Kier molecular flexibility index (Phi) is 6.88. The monoisotopic (exact) mass is 390 g/mol. The Labute approximate surface area is 166 Å². The van der Waals surface area contributed by atoms with Gasteiger partial charge in [0.15, 0.2) is 5.75 Å². The van der Waals surface area contributed by atoms with Crippen molar-refractivity contribution in [3.8, 4) is 5.75 Å². The van der Waals surface area contributed by atoms with Crippen LogP contribution in [0.25, 0.3) is 0 Å². The maximum Gasteiger partial charge on any atom is 0.317 e. The van der Waals surface area contributed by atoms with Crippen molar-refractivity contribution in [3.05, 3.63) is 23.8 Å². The molecule has 0 radical (unpaired) electrons. The van der Waals surface area contributed by atoms with Crippen LogP contribution in [0.15, 0.2) is 18.2 Å². The van der Waals surface area contributed by atoms with Crippen LogP contribution in [0.3, 0.4) is 0 Å². The summed E-state index contributed by atoms with van der Waals surface area (Å²) in [4.78, 5) is 39.9. The number of amides is 4. The molecule has 2 atom stereocenters. The molecule has 2 rings (SSSR count). The first-order valence-corrected chi connectivity index (χ1v) is 9.44. The van der Waals surface area contributed by atoms with Gasteiger partial charge in [0.1, 0.15) is 6.10 Å². The van der Waals surface area contributed by atoms with Crippen molar-refractivity contribution >= 4 is 23.5 Å². The number of ether oxygens (including phenoxy) is 1. The molecule has 0 saturated carbocycles. The van der Waals surface area contributed by atoms with Crippen molar-refractivity contribution in [2.24, 2.45) is 5.92 Å². The number of nitrogens with zero attached hydrogens (tertiary/aromatic N) is 2. The second-order valence-electron chi connectivity index (χ2n) is 7.67. The number of urea groups is 1. The van der Waals surface area contributed by atoms with Crippen LogP contribution in [0.1, 0.15) is 38.1 Å². The van der Waals surface area contributed by atoms with Crippen molar-refractivity contribution in [1.29, 1.82) is 0 Å². The Morgan fingerprint density at radius 1 is 1.36 bits per heavy atom. The fourth-order valence-corrected chi connectivity index (χ4v) is 3.15. The smallest absolute Gasteiger partial charge is 0.317 e. The molecule has 1 aromatic rings. The van der Waals surface area contributed by atoms with Gasteiger partial charge in [-0.1, -0.05) is 13.0 Å². The molecular formula is C20H30N4O4. The number of fused-ring (bicyclic) bond motifs is 1. The number of hydrogen-bond acceptors (Lipinski definition) is 4. The van der Waals surface area contributed by atoms with Gasteiger partial charge < -0.3 is 25.2 Å². The largest absolute Gasteiger partial charge is 0.485 e. The zero-order valence-corrected chi connectivity index (χ0v) is 17.4. The van der Waals surface area contributed by atoms with Crippen molar-refractivity contribution in [3.63, 3.8) is 0 Å². The third-order valence-electron chi connectivity index (χ3n) is 4.58. The number of hydrogen-bond donors (Lipinski definition) is 2. The standard InChI is InChI=1S/C20H30N4O4/c1-12(2)21-20(27)24(6)11-17-13(3)10-23(5)19(26)15-8-7-9-16(18(15)28-17)22-14(4)25/h7-9,12-13,17H,10-11H2,1-6H3,(H,21,27)(H,22,25)/t13-,17+/m1/s1. The maximum absolute atomic E-state index is 12.8. The van der Waals surface area contributed by atoms with Crippen LogP contribution < -0.4 is 15.4 Å². The van der Waals surface area contributed by atoms with Crippen LogP contribution in [0.4, 0.5) is 10.5 Å². The minimum Gasteiger partial charge on any atom is -0.485 e. The molecule has 0 fully saturated rings. The normalized spacial score (nSPS) is 19.2. The minimum atomic E-state index is -0.355. The number of nitrogens with one attached hydrogen (secondary N) is 2. The van der Waals surface area contributed by atoms with E-state index in [0.717, 1.165) is 0 Å². The van der Waals surface area contributed by atoms with Crippen molar-refractivity contribution in [2.75, 3.05) is 32.5 Å². The van der Waals surface area contributed by atoms with Crippen molar-refractivity contribution in [2.45, 2.75) is 39.8 Å². The molecule has 1 aliphatic heterocycles. The van der Waals surface area contributed by atoms with Gasteiger partial charge in [-0.2, -0.15) is 0 Å². The molecule has 4 amide bonds. The van der Waals surface area contributed by atoms with E-state index >= 15 is 0 Å². The zero-order valence-electron chi connectivity index (χ0n) is 17.4. The topological polar surface area (TPSA) is 91.0 Å². The van der Waals surface area contributed by atoms with E-state index in [9.17, 15) is 14.4 Å². The second-order valence-corrected chi connectivity index (χ2v) is 7.67. The number of carbonyl (C=O) groups is 3. The van der Waals surface area contributed by atoms with Crippen LogP contribution in [-0.4, -0.2) is 67.0 Å². The van der Waals surface area contributed by atoms with E-state index in [1.807, 2.05) is 20.8 Å². The van der Waals surface area contributed by atoms with Gasteiger partial charge in [-0.15, -0.1) is 0 Å². The lowest BCUT2D eigenvalue weighted by Gasteiger charge is -2.35. The highest BCUT2D eigenvalue weighted by Crippen LogP contribution is 2.34. The third-order valence-corrected chi connectivity index (χ3v) is 4.58. The van der Waals surface area contributed by atoms with Crippen molar-refractivity contribution < 1.29 is 19.1 Å². The summed E-state index contributed by atoms with van der Waals surface area (Å²) in [6.45, 7) is 8.02. The molecule has 1 heterocycles. The van der Waals surface area contributed by atoms with Gasteiger partial charge in [-0.25, -0.2) is 4.79 Å². The third kappa shape index (κ3) is 5.15. The zero-order chi connectivity index (χ0) is 21.0. The van der Waals surface area contributed by atoms with E-state index in [4.69, 9.17) is 4.74 Å². The van der Waals surface area contributed by atoms with E-state index in [2.05, 4.69) is 10.6 Å². The van der Waals surface area contributed by atoms with Gasteiger partial charge in [-0.05, 0) is 26.0 Å². The molecule has 2 N–H and O–H groups in total. The number of benzene rings is 1. The van der Waals surface area contributed by atoms with Crippen LogP contribution in [0.5, 0.6) is 5.75 Å². The lowest BCUT2D eigenvalue weighted by molar-refractivity contribution is -0.114. The van der Waals surface area contributed by atoms with Crippen LogP contribution in [-0.2, 0) is 4.79 Å². The number of para-hydroxylation sites is 1. The average molecular weight is 390 g/mol. The lowest BCUT2D eigenvalue weighted by Crippen LogP contribution is -2.49. The van der Waals surface area contributed by atoms with E-state index in [0.29, 0.717) is 30.1 Å². The van der Waals surface area contributed by atoms with E-state index in [1.165, 1.54) is 6.92 Å². The summed E-state index contributed by atoms with van der Waals surface area (Å²) in [5, 5.41) is 5.58. The predicted molar refractivity (Wildman–Crippen MR) is 108 cm³/mol. The van der Waals surface area contributed by atoms with Gasteiger partial charge in [0, 0.05) is 39.5 Å². The highest BCUT2D eigenvalue weighted by Gasteiger charge is 2.32. The Hall–Kier alpha value is -2.77. The van der Waals surface area contributed by atoms with Gasteiger partial charge in [0.2, 0.25) is 5.91 Å². The van der Waals surface area contributed by atoms with Crippen LogP contribution in [0, 0.1) is 5.92 Å². The quantitative estimate of drug-likeness (QED) is 0.824. The maximum atomic E-state index is 12.8. The summed E-state index contributed by atoms with van der Waals surface area (Å²) in [7, 11) is 3.45. The molecule has 28 heavy (non-hydrogen) atoms. The molecule has 0 bridgehead atoms. The number of rotatable bonds is 4. The number of anilines is 1. The molecule has 0 aromatic heterocycles. The summed E-state index contributed by atoms with van der Waals surface area (Å²) in [5.41, 5.74) is 0.833. The van der Waals surface area contributed by atoms with Crippen LogP contribution >= 0.6 is 0 Å². The number of likely N-dealkylation sites (N-methyl/N-ethyl adjacent to an activating group) is 1. The van der Waals surface area contributed by atoms with Gasteiger partial charge >= 0.3 is 6.03 Å². The summed E-state index contributed by atoms with van der Waals surface area (Å²) >= 11 is 0. The molecule has 8 nitrogen and oxygen atoms in total. The molecule has 154 valence electrons. The Morgan fingerprint density at radius 2 is 2.04 bits per heavy atom. The fraction of sp³-hybridized carbons (Fsp3) is 0.550. The molecule has 8 heteroatoms. The summed E-state index contributed by atoms with van der Waals surface area (Å²) in [6, 6.07) is 4.93. The molecule has 0 saturated heterocycles. The van der Waals surface area contributed by atoms with Crippen LogP contribution in [0.2, 0.25) is 0 Å². The molecular weight excluding hydrogens is 360 g/mol.